The number of hydrogen-bond acceptors (Lipinski definition) is 23. The van der Waals surface area contributed by atoms with Crippen LogP contribution in [0, 0.1) is 0 Å². The molecular formula is C51H46O23. The van der Waals surface area contributed by atoms with Crippen molar-refractivity contribution in [1.29, 1.82) is 0 Å². The summed E-state index contributed by atoms with van der Waals surface area (Å²) in [6, 6.07) is 14.2. The van der Waals surface area contributed by atoms with Gasteiger partial charge in [0.15, 0.2) is 53.0 Å². The number of aromatic hydroxyl groups is 11. The summed E-state index contributed by atoms with van der Waals surface area (Å²) in [5, 5.41) is 189. The van der Waals surface area contributed by atoms with Crippen molar-refractivity contribution in [1.82, 2.24) is 0 Å². The SMILES string of the molecule is OCC1OC(OC2C3c4c(O)cc(O)cc4OC2(c2ccc(O)c(O)c2)Oc2cc(O)c4c(c23)OC(c2ccc(O)c(O)c2)C(O)C4c2c(O)cc(O)c3c2OC(c2ccc(O)c(O)c2)C(O)C3)C(O)C(O)C1O. The van der Waals surface area contributed by atoms with Crippen molar-refractivity contribution in [3.63, 3.8) is 0 Å². The van der Waals surface area contributed by atoms with E-state index in [0.717, 1.165) is 60.7 Å². The molecule has 5 aliphatic heterocycles. The van der Waals surface area contributed by atoms with Crippen LogP contribution in [0.4, 0.5) is 0 Å². The summed E-state index contributed by atoms with van der Waals surface area (Å²) < 4.78 is 38.8. The maximum absolute atomic E-state index is 12.8. The van der Waals surface area contributed by atoms with Gasteiger partial charge in [-0.3, -0.25) is 0 Å². The smallest absolute Gasteiger partial charge is 0.305 e. The molecule has 17 N–H and O–H groups in total. The molecule has 11 rings (SSSR count). The first kappa shape index (κ1) is 48.3. The van der Waals surface area contributed by atoms with Crippen molar-refractivity contribution in [2.24, 2.45) is 0 Å². The second-order valence-electron chi connectivity index (χ2n) is 18.7. The molecule has 0 amide bonds. The monoisotopic (exact) mass is 1030 g/mol. The minimum Gasteiger partial charge on any atom is -0.508 e. The van der Waals surface area contributed by atoms with Gasteiger partial charge >= 0.3 is 5.79 Å². The van der Waals surface area contributed by atoms with Crippen molar-refractivity contribution in [2.45, 2.75) is 85.3 Å². The molecule has 6 aromatic rings. The van der Waals surface area contributed by atoms with Crippen molar-refractivity contribution in [2.75, 3.05) is 6.61 Å². The molecule has 388 valence electrons. The van der Waals surface area contributed by atoms with E-state index in [1.54, 1.807) is 0 Å². The molecule has 0 aliphatic carbocycles. The van der Waals surface area contributed by atoms with Crippen LogP contribution in [0.5, 0.6) is 86.2 Å². The molecule has 0 saturated carbocycles. The van der Waals surface area contributed by atoms with E-state index in [1.165, 1.54) is 18.2 Å². The van der Waals surface area contributed by atoms with Crippen LogP contribution in [0.1, 0.15) is 68.6 Å². The Balaban J connectivity index is 1.20. The van der Waals surface area contributed by atoms with Crippen molar-refractivity contribution < 1.29 is 115 Å². The van der Waals surface area contributed by atoms with E-state index in [9.17, 15) is 86.8 Å². The Morgan fingerprint density at radius 3 is 1.69 bits per heavy atom. The van der Waals surface area contributed by atoms with E-state index >= 15 is 0 Å². The number of ether oxygens (including phenoxy) is 6. The van der Waals surface area contributed by atoms with E-state index in [1.807, 2.05) is 0 Å². The van der Waals surface area contributed by atoms with Crippen LogP contribution in [-0.4, -0.2) is 142 Å². The highest BCUT2D eigenvalue weighted by Crippen LogP contribution is 2.66. The number of benzene rings is 6. The van der Waals surface area contributed by atoms with Crippen LogP contribution in [0.3, 0.4) is 0 Å². The van der Waals surface area contributed by atoms with Crippen LogP contribution >= 0.6 is 0 Å². The zero-order valence-corrected chi connectivity index (χ0v) is 37.9. The molecule has 6 aromatic carbocycles. The largest absolute Gasteiger partial charge is 0.508 e. The van der Waals surface area contributed by atoms with Crippen LogP contribution in [0.15, 0.2) is 78.9 Å². The molecule has 5 heterocycles. The van der Waals surface area contributed by atoms with Gasteiger partial charge in [0.1, 0.15) is 88.4 Å². The van der Waals surface area contributed by atoms with E-state index in [4.69, 9.17) is 28.4 Å². The Bertz CT molecular complexity index is 3250. The van der Waals surface area contributed by atoms with Crippen molar-refractivity contribution in [3.05, 3.63) is 123 Å². The first-order chi connectivity index (χ1) is 35.2. The molecule has 0 radical (unpaired) electrons. The predicted molar refractivity (Wildman–Crippen MR) is 245 cm³/mol. The van der Waals surface area contributed by atoms with Crippen molar-refractivity contribution in [3.8, 4) is 86.2 Å². The summed E-state index contributed by atoms with van der Waals surface area (Å²) in [5.41, 5.74) is -1.30. The number of aliphatic hydroxyl groups is 6. The second-order valence-corrected chi connectivity index (χ2v) is 18.7. The van der Waals surface area contributed by atoms with Crippen LogP contribution in [0.25, 0.3) is 0 Å². The average Bonchev–Trinajstić information content (AvgIpc) is 3.36. The van der Waals surface area contributed by atoms with Gasteiger partial charge in [0.25, 0.3) is 0 Å². The Morgan fingerprint density at radius 2 is 1.05 bits per heavy atom. The predicted octanol–water partition coefficient (Wildman–Crippen LogP) is 2.07. The molecule has 13 unspecified atom stereocenters. The summed E-state index contributed by atoms with van der Waals surface area (Å²) in [7, 11) is 0. The maximum atomic E-state index is 12.8. The molecule has 5 aliphatic rings. The fourth-order valence-corrected chi connectivity index (χ4v) is 10.8. The molecule has 1 saturated heterocycles. The molecule has 1 fully saturated rings. The molecular weight excluding hydrogens is 981 g/mol. The standard InChI is InChI=1S/C51H46O23/c52-15-34-41(65)43(67)44(68)50(69-34)72-49-40-35-28(61)10-19(53)11-32(35)73-51(49,18-3-6-23(56)27(60)9-18)74-33-14-30(63)37-39(42(66)46(71-48(37)38(33)40)17-2-5-22(55)26(59)8-17)36-29(62)13-24(57)20-12-31(64)45(70-47(20)36)16-1-4-21(54)25(58)7-16/h1-11,13-14,31,34,39-46,49-50,52-68H,12,15H2. The van der Waals surface area contributed by atoms with Gasteiger partial charge in [-0.1, -0.05) is 12.1 Å². The van der Waals surface area contributed by atoms with E-state index < -0.39 is 154 Å². The first-order valence-corrected chi connectivity index (χ1v) is 22.8. The minimum absolute atomic E-state index is 0.0404. The lowest BCUT2D eigenvalue weighted by atomic mass is 9.71. The van der Waals surface area contributed by atoms with Crippen LogP contribution < -0.4 is 18.9 Å². The Morgan fingerprint density at radius 1 is 0.486 bits per heavy atom. The third-order valence-corrected chi connectivity index (χ3v) is 14.3. The highest BCUT2D eigenvalue weighted by atomic mass is 16.8. The van der Waals surface area contributed by atoms with Gasteiger partial charge in [0.05, 0.1) is 24.5 Å². The Kier molecular flexibility index (Phi) is 11.3. The molecule has 0 spiro atoms. The lowest BCUT2D eigenvalue weighted by Gasteiger charge is -2.53. The zero-order chi connectivity index (χ0) is 52.6. The summed E-state index contributed by atoms with van der Waals surface area (Å²) in [4.78, 5) is 0. The number of rotatable bonds is 7. The highest BCUT2D eigenvalue weighted by molar-refractivity contribution is 5.72. The average molecular weight is 1030 g/mol. The van der Waals surface area contributed by atoms with Crippen LogP contribution in [-0.2, 0) is 21.7 Å². The Hall–Kier alpha value is -8.00. The number of hydrogen-bond donors (Lipinski definition) is 17. The number of phenolic OH excluding ortho intramolecular Hbond substituents is 11. The third-order valence-electron chi connectivity index (χ3n) is 14.3. The van der Waals surface area contributed by atoms with Gasteiger partial charge in [-0.05, 0) is 53.6 Å². The molecule has 23 heteroatoms. The van der Waals surface area contributed by atoms with Gasteiger partial charge < -0.3 is 115 Å². The fourth-order valence-electron chi connectivity index (χ4n) is 10.8. The molecule has 74 heavy (non-hydrogen) atoms. The van der Waals surface area contributed by atoms with Gasteiger partial charge in [-0.2, -0.15) is 0 Å². The van der Waals surface area contributed by atoms with E-state index in [-0.39, 0.29) is 68.2 Å². The Labute approximate surface area is 415 Å². The molecule has 0 aromatic heterocycles. The summed E-state index contributed by atoms with van der Waals surface area (Å²) >= 11 is 0. The number of aliphatic hydroxyl groups excluding tert-OH is 6. The summed E-state index contributed by atoms with van der Waals surface area (Å²) in [6.07, 6.45) is -18.3. The topological polar surface area (TPSA) is 399 Å². The lowest BCUT2D eigenvalue weighted by molar-refractivity contribution is -0.345. The van der Waals surface area contributed by atoms with Gasteiger partial charge in [0.2, 0.25) is 0 Å². The molecule has 13 atom stereocenters. The normalized spacial score (nSPS) is 29.5. The van der Waals surface area contributed by atoms with Gasteiger partial charge in [0, 0.05) is 64.1 Å². The van der Waals surface area contributed by atoms with Crippen LogP contribution in [0.2, 0.25) is 0 Å². The lowest BCUT2D eigenvalue weighted by Crippen LogP contribution is -2.64. The molecule has 2 bridgehead atoms. The van der Waals surface area contributed by atoms with E-state index in [0.29, 0.717) is 0 Å². The second kappa shape index (κ2) is 17.3. The quantitative estimate of drug-likeness (QED) is 0.102. The first-order valence-electron chi connectivity index (χ1n) is 22.8. The fraction of sp³-hybridized carbons (Fsp3) is 0.294. The van der Waals surface area contributed by atoms with Crippen molar-refractivity contribution >= 4 is 0 Å². The minimum atomic E-state index is -2.52. The maximum Gasteiger partial charge on any atom is 0.305 e. The number of fused-ring (bicyclic) bond motifs is 9. The third kappa shape index (κ3) is 7.26. The number of phenols is 11. The van der Waals surface area contributed by atoms with Gasteiger partial charge in [-0.25, -0.2) is 0 Å². The van der Waals surface area contributed by atoms with E-state index in [2.05, 4.69) is 0 Å². The summed E-state index contributed by atoms with van der Waals surface area (Å²) in [5.74, 6) is -14.3. The highest BCUT2D eigenvalue weighted by Gasteiger charge is 2.64. The van der Waals surface area contributed by atoms with Gasteiger partial charge in [-0.15, -0.1) is 0 Å². The zero-order valence-electron chi connectivity index (χ0n) is 37.9. The summed E-state index contributed by atoms with van der Waals surface area (Å²) in [6.45, 7) is -0.901. The molecule has 23 nitrogen and oxygen atoms in total.